The van der Waals surface area contributed by atoms with Gasteiger partial charge in [-0.05, 0) is 41.2 Å². The van der Waals surface area contributed by atoms with Crippen LogP contribution < -0.4 is 10.6 Å². The molecule has 0 fully saturated rings. The number of anilines is 2. The highest BCUT2D eigenvalue weighted by Crippen LogP contribution is 2.41. The number of allylic oxidation sites excluding steroid dienone is 1. The molecule has 2 aromatic carbocycles. The maximum absolute atomic E-state index is 12.8. The average molecular weight is 455 g/mol. The highest BCUT2D eigenvalue weighted by molar-refractivity contribution is 9.10. The quantitative estimate of drug-likeness (QED) is 0.387. The van der Waals surface area contributed by atoms with Gasteiger partial charge in [0.05, 0.1) is 17.0 Å². The Morgan fingerprint density at radius 1 is 1.03 bits per heavy atom. The van der Waals surface area contributed by atoms with Gasteiger partial charge in [0.25, 0.3) is 5.91 Å². The standard InChI is InChI=1S/C22H23BrN4O2/c1-3-27(4-2)12-13-29-26-20-14-8-5-6-11-17(14)24-21(20)18-15-9-7-10-16(23)19(15)25-22(18)28/h5-11,24H,3-4,12-13H2,1-2H3,(H,25,28)/b21-18-,26-20+. The summed E-state index contributed by atoms with van der Waals surface area (Å²) in [5.41, 5.74) is 5.35. The number of amides is 1. The summed E-state index contributed by atoms with van der Waals surface area (Å²) in [4.78, 5) is 20.8. The van der Waals surface area contributed by atoms with E-state index in [1.165, 1.54) is 0 Å². The van der Waals surface area contributed by atoms with Gasteiger partial charge >= 0.3 is 0 Å². The fourth-order valence-corrected chi connectivity index (χ4v) is 4.09. The van der Waals surface area contributed by atoms with Crippen LogP contribution in [0, 0.1) is 0 Å². The van der Waals surface area contributed by atoms with Gasteiger partial charge in [0, 0.05) is 27.8 Å². The molecule has 2 heterocycles. The number of fused-ring (bicyclic) bond motifs is 2. The predicted molar refractivity (Wildman–Crippen MR) is 120 cm³/mol. The molecule has 0 saturated heterocycles. The first-order valence-electron chi connectivity index (χ1n) is 9.77. The molecular weight excluding hydrogens is 432 g/mol. The lowest BCUT2D eigenvalue weighted by atomic mass is 10.0. The van der Waals surface area contributed by atoms with E-state index in [1.54, 1.807) is 0 Å². The number of halogens is 1. The zero-order chi connectivity index (χ0) is 20.4. The van der Waals surface area contributed by atoms with Crippen molar-refractivity contribution in [3.05, 3.63) is 63.8 Å². The summed E-state index contributed by atoms with van der Waals surface area (Å²) in [7, 11) is 0. The summed E-state index contributed by atoms with van der Waals surface area (Å²) in [5, 5.41) is 10.8. The molecule has 2 aliphatic rings. The van der Waals surface area contributed by atoms with E-state index in [0.29, 0.717) is 23.6 Å². The fourth-order valence-electron chi connectivity index (χ4n) is 3.63. The number of benzene rings is 2. The molecule has 150 valence electrons. The summed E-state index contributed by atoms with van der Waals surface area (Å²) in [6.45, 7) is 7.50. The third kappa shape index (κ3) is 3.68. The van der Waals surface area contributed by atoms with Crippen molar-refractivity contribution in [3.63, 3.8) is 0 Å². The number of likely N-dealkylation sites (N-methyl/N-ethyl adjacent to an activating group) is 1. The van der Waals surface area contributed by atoms with Gasteiger partial charge in [-0.1, -0.05) is 49.3 Å². The Labute approximate surface area is 178 Å². The average Bonchev–Trinajstić information content (AvgIpc) is 3.26. The molecule has 0 aromatic heterocycles. The van der Waals surface area contributed by atoms with Crippen molar-refractivity contribution in [2.24, 2.45) is 5.16 Å². The lowest BCUT2D eigenvalue weighted by Crippen LogP contribution is -2.26. The second-order valence-corrected chi connectivity index (χ2v) is 7.69. The number of oxime groups is 1. The highest BCUT2D eigenvalue weighted by atomic mass is 79.9. The molecule has 0 atom stereocenters. The van der Waals surface area contributed by atoms with Crippen molar-refractivity contribution in [1.29, 1.82) is 0 Å². The van der Waals surface area contributed by atoms with Crippen LogP contribution in [-0.2, 0) is 9.63 Å². The lowest BCUT2D eigenvalue weighted by molar-refractivity contribution is -0.110. The first-order valence-corrected chi connectivity index (χ1v) is 10.6. The van der Waals surface area contributed by atoms with Crippen LogP contribution in [0.15, 0.2) is 57.8 Å². The topological polar surface area (TPSA) is 66.0 Å². The second-order valence-electron chi connectivity index (χ2n) is 6.84. The van der Waals surface area contributed by atoms with Crippen LogP contribution in [0.1, 0.15) is 25.0 Å². The summed E-state index contributed by atoms with van der Waals surface area (Å²) < 4.78 is 0.850. The van der Waals surface area contributed by atoms with E-state index in [1.807, 2.05) is 42.5 Å². The van der Waals surface area contributed by atoms with Gasteiger partial charge in [-0.25, -0.2) is 0 Å². The Hall–Kier alpha value is -2.64. The van der Waals surface area contributed by atoms with Crippen LogP contribution in [0.4, 0.5) is 11.4 Å². The van der Waals surface area contributed by atoms with Crippen LogP contribution in [0.2, 0.25) is 0 Å². The van der Waals surface area contributed by atoms with Crippen LogP contribution >= 0.6 is 15.9 Å². The Morgan fingerprint density at radius 3 is 2.59 bits per heavy atom. The van der Waals surface area contributed by atoms with E-state index < -0.39 is 0 Å². The van der Waals surface area contributed by atoms with Gasteiger partial charge in [0.2, 0.25) is 0 Å². The van der Waals surface area contributed by atoms with Gasteiger partial charge in [-0.15, -0.1) is 0 Å². The Morgan fingerprint density at radius 2 is 1.79 bits per heavy atom. The van der Waals surface area contributed by atoms with Gasteiger partial charge in [-0.3, -0.25) is 4.79 Å². The molecule has 2 N–H and O–H groups in total. The van der Waals surface area contributed by atoms with Crippen LogP contribution in [-0.4, -0.2) is 42.8 Å². The maximum Gasteiger partial charge on any atom is 0.258 e. The molecule has 29 heavy (non-hydrogen) atoms. The fraction of sp³-hybridized carbons (Fsp3) is 0.273. The zero-order valence-electron chi connectivity index (χ0n) is 16.5. The van der Waals surface area contributed by atoms with Gasteiger partial charge < -0.3 is 20.4 Å². The summed E-state index contributed by atoms with van der Waals surface area (Å²) >= 11 is 3.52. The molecule has 6 nitrogen and oxygen atoms in total. The molecule has 7 heteroatoms. The van der Waals surface area contributed by atoms with E-state index in [2.05, 4.69) is 50.5 Å². The summed E-state index contributed by atoms with van der Waals surface area (Å²) in [5.74, 6) is -0.155. The molecule has 2 aromatic rings. The SMILES string of the molecule is CCN(CC)CCO/N=C1/C(=C2/C(=O)Nc3c(Br)cccc32)Nc2ccccc21. The van der Waals surface area contributed by atoms with Crippen molar-refractivity contribution < 1.29 is 9.63 Å². The van der Waals surface area contributed by atoms with Gasteiger partial charge in [0.15, 0.2) is 0 Å². The first kappa shape index (κ1) is 19.7. The van der Waals surface area contributed by atoms with Gasteiger partial charge in [-0.2, -0.15) is 0 Å². The summed E-state index contributed by atoms with van der Waals surface area (Å²) in [6.07, 6.45) is 0. The Balaban J connectivity index is 1.72. The molecule has 1 amide bonds. The van der Waals surface area contributed by atoms with Gasteiger partial charge in [0.1, 0.15) is 12.3 Å². The number of rotatable bonds is 6. The number of para-hydroxylation sites is 2. The molecular formula is C22H23BrN4O2. The number of carbonyl (C=O) groups excluding carboxylic acids is 1. The van der Waals surface area contributed by atoms with E-state index in [0.717, 1.165) is 46.6 Å². The Bertz CT molecular complexity index is 1010. The minimum absolute atomic E-state index is 0.155. The van der Waals surface area contributed by atoms with Crippen LogP contribution in [0.3, 0.4) is 0 Å². The minimum Gasteiger partial charge on any atom is -0.394 e. The van der Waals surface area contributed by atoms with E-state index >= 15 is 0 Å². The van der Waals surface area contributed by atoms with Crippen molar-refractivity contribution in [1.82, 2.24) is 4.90 Å². The normalized spacial score (nSPS) is 18.6. The molecule has 0 aliphatic carbocycles. The van der Waals surface area contributed by atoms with E-state index in [9.17, 15) is 4.79 Å². The largest absolute Gasteiger partial charge is 0.394 e. The lowest BCUT2D eigenvalue weighted by Gasteiger charge is -2.16. The minimum atomic E-state index is -0.155. The molecule has 0 saturated carbocycles. The molecule has 0 spiro atoms. The van der Waals surface area contributed by atoms with E-state index in [4.69, 9.17) is 4.84 Å². The zero-order valence-corrected chi connectivity index (χ0v) is 18.0. The molecule has 0 unspecified atom stereocenters. The van der Waals surface area contributed by atoms with Crippen molar-refractivity contribution in [2.75, 3.05) is 36.9 Å². The maximum atomic E-state index is 12.8. The van der Waals surface area contributed by atoms with Crippen molar-refractivity contribution in [3.8, 4) is 0 Å². The molecule has 2 aliphatic heterocycles. The van der Waals surface area contributed by atoms with Crippen LogP contribution in [0.5, 0.6) is 0 Å². The van der Waals surface area contributed by atoms with E-state index in [-0.39, 0.29) is 5.91 Å². The molecule has 0 bridgehead atoms. The molecule has 0 radical (unpaired) electrons. The highest BCUT2D eigenvalue weighted by Gasteiger charge is 2.34. The number of hydrogen-bond donors (Lipinski definition) is 2. The second kappa shape index (κ2) is 8.39. The van der Waals surface area contributed by atoms with Crippen molar-refractivity contribution in [2.45, 2.75) is 13.8 Å². The molecule has 4 rings (SSSR count). The number of hydrogen-bond acceptors (Lipinski definition) is 5. The third-order valence-electron chi connectivity index (χ3n) is 5.23. The first-order chi connectivity index (χ1) is 14.1. The summed E-state index contributed by atoms with van der Waals surface area (Å²) in [6, 6.07) is 13.6. The number of nitrogens with zero attached hydrogens (tertiary/aromatic N) is 2. The Kier molecular flexibility index (Phi) is 5.69. The number of nitrogens with one attached hydrogen (secondary N) is 2. The van der Waals surface area contributed by atoms with Crippen LogP contribution in [0.25, 0.3) is 5.57 Å². The third-order valence-corrected chi connectivity index (χ3v) is 5.89. The van der Waals surface area contributed by atoms with Crippen molar-refractivity contribution >= 4 is 44.5 Å². The smallest absolute Gasteiger partial charge is 0.258 e. The predicted octanol–water partition coefficient (Wildman–Crippen LogP) is 4.30. The number of carbonyl (C=O) groups is 1. The monoisotopic (exact) mass is 454 g/mol.